The van der Waals surface area contributed by atoms with Gasteiger partial charge >= 0.3 is 0 Å². The van der Waals surface area contributed by atoms with Gasteiger partial charge < -0.3 is 9.30 Å². The minimum Gasteiger partial charge on any atom is -0.497 e. The van der Waals surface area contributed by atoms with Gasteiger partial charge in [-0.2, -0.15) is 0 Å². The molecule has 5 nitrogen and oxygen atoms in total. The molecule has 1 heterocycles. The van der Waals surface area contributed by atoms with E-state index in [0.717, 1.165) is 23.9 Å². The number of anilines is 2. The molecule has 0 aliphatic rings. The summed E-state index contributed by atoms with van der Waals surface area (Å²) >= 11 is 0. The fourth-order valence-corrected chi connectivity index (χ4v) is 2.17. The van der Waals surface area contributed by atoms with Gasteiger partial charge in [0.1, 0.15) is 5.75 Å². The van der Waals surface area contributed by atoms with Crippen LogP contribution in [0.15, 0.2) is 67.0 Å². The number of rotatable bonds is 6. The highest BCUT2D eigenvalue weighted by Crippen LogP contribution is 2.17. The van der Waals surface area contributed by atoms with Crippen LogP contribution >= 0.6 is 0 Å². The number of imidazole rings is 1. The quantitative estimate of drug-likeness (QED) is 0.541. The van der Waals surface area contributed by atoms with Crippen molar-refractivity contribution in [1.29, 1.82) is 0 Å². The molecule has 0 saturated carbocycles. The van der Waals surface area contributed by atoms with Crippen LogP contribution < -0.4 is 15.6 Å². The fraction of sp³-hybridized carbons (Fsp3) is 0.118. The summed E-state index contributed by atoms with van der Waals surface area (Å²) < 4.78 is 7.25. The summed E-state index contributed by atoms with van der Waals surface area (Å²) in [5.74, 6) is 1.56. The lowest BCUT2D eigenvalue weighted by Crippen LogP contribution is -2.14. The first kappa shape index (κ1) is 14.0. The van der Waals surface area contributed by atoms with Crippen LogP contribution in [-0.4, -0.2) is 16.7 Å². The highest BCUT2D eigenvalue weighted by Gasteiger charge is 2.03. The minimum absolute atomic E-state index is 0.756. The van der Waals surface area contributed by atoms with Crippen molar-refractivity contribution in [3.8, 4) is 5.75 Å². The normalized spacial score (nSPS) is 10.2. The Morgan fingerprint density at radius 3 is 2.73 bits per heavy atom. The lowest BCUT2D eigenvalue weighted by molar-refractivity contribution is 0.415. The van der Waals surface area contributed by atoms with Gasteiger partial charge in [-0.1, -0.05) is 36.4 Å². The van der Waals surface area contributed by atoms with E-state index in [2.05, 4.69) is 28.0 Å². The predicted octanol–water partition coefficient (Wildman–Crippen LogP) is 3.38. The third kappa shape index (κ3) is 3.38. The molecule has 3 aromatic rings. The van der Waals surface area contributed by atoms with E-state index in [1.807, 2.05) is 53.2 Å². The van der Waals surface area contributed by atoms with E-state index in [0.29, 0.717) is 0 Å². The number of benzene rings is 2. The maximum Gasteiger partial charge on any atom is 0.222 e. The van der Waals surface area contributed by atoms with Crippen LogP contribution in [0.5, 0.6) is 5.75 Å². The second-order valence-electron chi connectivity index (χ2n) is 4.85. The van der Waals surface area contributed by atoms with Crippen LogP contribution in [0, 0.1) is 0 Å². The van der Waals surface area contributed by atoms with Crippen molar-refractivity contribution in [1.82, 2.24) is 9.55 Å². The number of methoxy groups -OCH3 is 1. The van der Waals surface area contributed by atoms with Crippen molar-refractivity contribution in [2.45, 2.75) is 6.54 Å². The molecule has 1 aromatic heterocycles. The first-order valence-corrected chi connectivity index (χ1v) is 7.06. The molecule has 0 saturated heterocycles. The number of nitrogens with zero attached hydrogens (tertiary/aromatic N) is 2. The van der Waals surface area contributed by atoms with Crippen LogP contribution in [0.1, 0.15) is 5.56 Å². The molecule has 2 N–H and O–H groups in total. The third-order valence-electron chi connectivity index (χ3n) is 3.30. The number of nitrogens with one attached hydrogen (secondary N) is 2. The van der Waals surface area contributed by atoms with E-state index in [1.54, 1.807) is 13.3 Å². The molecule has 0 atom stereocenters. The van der Waals surface area contributed by atoms with Crippen molar-refractivity contribution in [2.24, 2.45) is 0 Å². The largest absolute Gasteiger partial charge is 0.497 e. The number of ether oxygens (including phenoxy) is 1. The molecule has 0 amide bonds. The molecule has 0 spiro atoms. The first-order chi connectivity index (χ1) is 10.8. The minimum atomic E-state index is 0.756. The summed E-state index contributed by atoms with van der Waals surface area (Å²) in [6, 6.07) is 18.0. The van der Waals surface area contributed by atoms with Gasteiger partial charge in [-0.15, -0.1) is 0 Å². The summed E-state index contributed by atoms with van der Waals surface area (Å²) in [5, 5.41) is 0. The van der Waals surface area contributed by atoms with E-state index in [9.17, 15) is 0 Å². The summed E-state index contributed by atoms with van der Waals surface area (Å²) in [4.78, 5) is 4.33. The van der Waals surface area contributed by atoms with Gasteiger partial charge in [-0.25, -0.2) is 4.98 Å². The topological polar surface area (TPSA) is 51.1 Å². The molecular weight excluding hydrogens is 277 g/mol. The van der Waals surface area contributed by atoms with Crippen LogP contribution in [0.2, 0.25) is 0 Å². The lowest BCUT2D eigenvalue weighted by Gasteiger charge is -2.12. The number of hydrogen-bond acceptors (Lipinski definition) is 4. The van der Waals surface area contributed by atoms with E-state index in [4.69, 9.17) is 4.74 Å². The summed E-state index contributed by atoms with van der Waals surface area (Å²) in [7, 11) is 1.65. The Morgan fingerprint density at radius 1 is 1.05 bits per heavy atom. The van der Waals surface area contributed by atoms with Gasteiger partial charge in [0.25, 0.3) is 0 Å². The molecule has 0 aliphatic carbocycles. The standard InChI is InChI=1S/C17H18N4O/c1-22-16-9-5-8-15(12-16)19-20-17-18-10-11-21(17)13-14-6-3-2-4-7-14/h2-12,19H,13H2,1H3,(H,18,20)/i13+1. The van der Waals surface area contributed by atoms with Crippen molar-refractivity contribution in [3.63, 3.8) is 0 Å². The number of hydrogen-bond donors (Lipinski definition) is 2. The Balaban J connectivity index is 1.67. The van der Waals surface area contributed by atoms with Crippen molar-refractivity contribution in [2.75, 3.05) is 18.0 Å². The Bertz CT molecular complexity index is 724. The van der Waals surface area contributed by atoms with E-state index < -0.39 is 0 Å². The Morgan fingerprint density at radius 2 is 1.91 bits per heavy atom. The average molecular weight is 295 g/mol. The molecule has 5 heteroatoms. The van der Waals surface area contributed by atoms with Crippen LogP contribution in [0.3, 0.4) is 0 Å². The zero-order valence-electron chi connectivity index (χ0n) is 12.4. The van der Waals surface area contributed by atoms with E-state index >= 15 is 0 Å². The molecule has 22 heavy (non-hydrogen) atoms. The molecule has 0 radical (unpaired) electrons. The highest BCUT2D eigenvalue weighted by molar-refractivity contribution is 5.51. The Labute approximate surface area is 129 Å². The van der Waals surface area contributed by atoms with Crippen LogP contribution in [0.25, 0.3) is 0 Å². The maximum atomic E-state index is 5.21. The smallest absolute Gasteiger partial charge is 0.222 e. The van der Waals surface area contributed by atoms with Crippen molar-refractivity contribution >= 4 is 11.6 Å². The molecule has 3 rings (SSSR count). The molecule has 0 aliphatic heterocycles. The van der Waals surface area contributed by atoms with E-state index in [1.165, 1.54) is 5.56 Å². The molecular formula is C17H18N4O. The predicted molar refractivity (Wildman–Crippen MR) is 88.0 cm³/mol. The fourth-order valence-electron chi connectivity index (χ4n) is 2.17. The number of hydrazine groups is 1. The summed E-state index contributed by atoms with van der Waals surface area (Å²) in [6.45, 7) is 0.767. The molecule has 0 unspecified atom stereocenters. The molecule has 112 valence electrons. The Hall–Kier alpha value is -2.95. The first-order valence-electron chi connectivity index (χ1n) is 7.06. The molecule has 0 bridgehead atoms. The van der Waals surface area contributed by atoms with Crippen molar-refractivity contribution in [3.05, 3.63) is 72.6 Å². The SMILES string of the molecule is COc1cccc(NNc2nccn2[13CH2]c2ccccc2)c1. The zero-order valence-corrected chi connectivity index (χ0v) is 12.4. The van der Waals surface area contributed by atoms with Crippen molar-refractivity contribution < 1.29 is 4.74 Å². The molecule has 2 aromatic carbocycles. The maximum absolute atomic E-state index is 5.21. The van der Waals surface area contributed by atoms with Gasteiger partial charge in [-0.3, -0.25) is 10.9 Å². The summed E-state index contributed by atoms with van der Waals surface area (Å²) in [5.41, 5.74) is 8.40. The third-order valence-corrected chi connectivity index (χ3v) is 3.30. The monoisotopic (exact) mass is 295 g/mol. The van der Waals surface area contributed by atoms with Crippen LogP contribution in [0.4, 0.5) is 11.6 Å². The average Bonchev–Trinajstić information content (AvgIpc) is 3.01. The van der Waals surface area contributed by atoms with Gasteiger partial charge in [0, 0.05) is 18.5 Å². The van der Waals surface area contributed by atoms with Crippen LogP contribution in [-0.2, 0) is 6.54 Å². The summed E-state index contributed by atoms with van der Waals surface area (Å²) in [6.07, 6.45) is 3.72. The van der Waals surface area contributed by atoms with Gasteiger partial charge in [0.05, 0.1) is 19.3 Å². The second-order valence-corrected chi connectivity index (χ2v) is 4.85. The Kier molecular flexibility index (Phi) is 4.25. The van der Waals surface area contributed by atoms with E-state index in [-0.39, 0.29) is 0 Å². The highest BCUT2D eigenvalue weighted by atomic mass is 16.5. The lowest BCUT2D eigenvalue weighted by atomic mass is 10.3. The van der Waals surface area contributed by atoms with Gasteiger partial charge in [-0.05, 0) is 17.7 Å². The van der Waals surface area contributed by atoms with Gasteiger partial charge in [0.15, 0.2) is 0 Å². The zero-order chi connectivity index (χ0) is 15.2. The number of aromatic nitrogens is 2. The second kappa shape index (κ2) is 6.67. The van der Waals surface area contributed by atoms with Gasteiger partial charge in [0.2, 0.25) is 5.95 Å². The molecule has 0 fully saturated rings.